The fraction of sp³-hybridized carbons (Fsp3) is 0.133. The third-order valence-electron chi connectivity index (χ3n) is 3.09. The van der Waals surface area contributed by atoms with Crippen LogP contribution in [0.1, 0.15) is 18.5 Å². The van der Waals surface area contributed by atoms with E-state index in [0.717, 1.165) is 11.6 Å². The molecule has 7 nitrogen and oxygen atoms in total. The first-order valence-electron chi connectivity index (χ1n) is 6.57. The van der Waals surface area contributed by atoms with Gasteiger partial charge in [0.2, 0.25) is 0 Å². The van der Waals surface area contributed by atoms with Crippen LogP contribution in [-0.4, -0.2) is 16.1 Å². The maximum absolute atomic E-state index is 11.9. The average molecular weight is 301 g/mol. The number of aromatic hydroxyl groups is 1. The van der Waals surface area contributed by atoms with Crippen LogP contribution in [0.4, 0.5) is 16.2 Å². The van der Waals surface area contributed by atoms with Gasteiger partial charge in [0.15, 0.2) is 0 Å². The summed E-state index contributed by atoms with van der Waals surface area (Å²) < 4.78 is 0. The molecule has 0 fully saturated rings. The molecule has 0 bridgehead atoms. The number of carbonyl (C=O) groups excluding carboxylic acids is 1. The molecular formula is C15H15N3O4. The van der Waals surface area contributed by atoms with E-state index in [1.807, 2.05) is 37.3 Å². The summed E-state index contributed by atoms with van der Waals surface area (Å²) in [5, 5.41) is 25.4. The van der Waals surface area contributed by atoms with Gasteiger partial charge in [-0.25, -0.2) is 4.79 Å². The predicted molar refractivity (Wildman–Crippen MR) is 81.8 cm³/mol. The van der Waals surface area contributed by atoms with Crippen molar-refractivity contribution in [3.8, 4) is 5.75 Å². The van der Waals surface area contributed by atoms with E-state index in [1.165, 1.54) is 12.1 Å². The number of carbonyl (C=O) groups is 1. The molecule has 7 heteroatoms. The van der Waals surface area contributed by atoms with Gasteiger partial charge in [-0.1, -0.05) is 30.3 Å². The molecule has 2 rings (SSSR count). The number of phenols is 1. The normalized spacial score (nSPS) is 11.5. The number of urea groups is 1. The molecule has 0 unspecified atom stereocenters. The molecule has 3 N–H and O–H groups in total. The fourth-order valence-electron chi connectivity index (χ4n) is 1.92. The van der Waals surface area contributed by atoms with Crippen LogP contribution in [0.5, 0.6) is 5.75 Å². The number of nitrogens with one attached hydrogen (secondary N) is 2. The summed E-state index contributed by atoms with van der Waals surface area (Å²) in [5.41, 5.74) is 0.787. The molecule has 0 aliphatic heterocycles. The van der Waals surface area contributed by atoms with Crippen LogP contribution in [0.15, 0.2) is 48.5 Å². The van der Waals surface area contributed by atoms with E-state index in [4.69, 9.17) is 0 Å². The summed E-state index contributed by atoms with van der Waals surface area (Å²) in [6.45, 7) is 1.82. The monoisotopic (exact) mass is 301 g/mol. The Morgan fingerprint density at radius 1 is 1.23 bits per heavy atom. The Kier molecular flexibility index (Phi) is 4.57. The van der Waals surface area contributed by atoms with Crippen LogP contribution in [0.2, 0.25) is 0 Å². The van der Waals surface area contributed by atoms with E-state index in [1.54, 1.807) is 0 Å². The average Bonchev–Trinajstić information content (AvgIpc) is 2.50. The van der Waals surface area contributed by atoms with Gasteiger partial charge in [-0.2, -0.15) is 0 Å². The van der Waals surface area contributed by atoms with Crippen molar-refractivity contribution in [1.29, 1.82) is 0 Å². The highest BCUT2D eigenvalue weighted by molar-refractivity contribution is 5.91. The lowest BCUT2D eigenvalue weighted by Crippen LogP contribution is -2.31. The number of anilines is 1. The van der Waals surface area contributed by atoms with E-state index in [0.29, 0.717) is 0 Å². The van der Waals surface area contributed by atoms with Gasteiger partial charge in [0.05, 0.1) is 22.7 Å². The van der Waals surface area contributed by atoms with Crippen LogP contribution < -0.4 is 10.6 Å². The maximum atomic E-state index is 11.9. The third kappa shape index (κ3) is 3.72. The summed E-state index contributed by atoms with van der Waals surface area (Å²) in [6, 6.07) is 12.1. The molecule has 0 aliphatic carbocycles. The minimum atomic E-state index is -0.624. The maximum Gasteiger partial charge on any atom is 0.319 e. The highest BCUT2D eigenvalue weighted by atomic mass is 16.6. The summed E-state index contributed by atoms with van der Waals surface area (Å²) in [6.07, 6.45) is 0. The molecule has 0 saturated heterocycles. The van der Waals surface area contributed by atoms with Gasteiger partial charge < -0.3 is 15.7 Å². The Balaban J connectivity index is 2.02. The van der Waals surface area contributed by atoms with Crippen LogP contribution in [0.3, 0.4) is 0 Å². The van der Waals surface area contributed by atoms with Crippen molar-refractivity contribution < 1.29 is 14.8 Å². The second kappa shape index (κ2) is 6.57. The highest BCUT2D eigenvalue weighted by Gasteiger charge is 2.13. The van der Waals surface area contributed by atoms with Crippen molar-refractivity contribution in [1.82, 2.24) is 5.32 Å². The summed E-state index contributed by atoms with van der Waals surface area (Å²) >= 11 is 0. The van der Waals surface area contributed by atoms with Gasteiger partial charge in [0, 0.05) is 6.07 Å². The number of amides is 2. The Hall–Kier alpha value is -3.09. The van der Waals surface area contributed by atoms with E-state index in [9.17, 15) is 20.0 Å². The molecule has 2 aromatic carbocycles. The largest absolute Gasteiger partial charge is 0.506 e. The Morgan fingerprint density at radius 3 is 2.50 bits per heavy atom. The van der Waals surface area contributed by atoms with Crippen LogP contribution in [0, 0.1) is 10.1 Å². The zero-order valence-corrected chi connectivity index (χ0v) is 11.8. The number of nitro groups is 1. The fourth-order valence-corrected chi connectivity index (χ4v) is 1.92. The molecule has 0 radical (unpaired) electrons. The number of non-ortho nitro benzene ring substituents is 1. The Bertz CT molecular complexity index is 688. The summed E-state index contributed by atoms with van der Waals surface area (Å²) in [7, 11) is 0. The van der Waals surface area contributed by atoms with Crippen LogP contribution in [-0.2, 0) is 0 Å². The van der Waals surface area contributed by atoms with Gasteiger partial charge in [-0.05, 0) is 18.6 Å². The molecule has 0 heterocycles. The lowest BCUT2D eigenvalue weighted by atomic mass is 10.1. The Labute approximate surface area is 126 Å². The van der Waals surface area contributed by atoms with E-state index < -0.39 is 11.0 Å². The first kappa shape index (κ1) is 15.3. The minimum Gasteiger partial charge on any atom is -0.506 e. The number of benzene rings is 2. The molecule has 1 atom stereocenters. The smallest absolute Gasteiger partial charge is 0.319 e. The van der Waals surface area contributed by atoms with E-state index in [-0.39, 0.29) is 23.2 Å². The third-order valence-corrected chi connectivity index (χ3v) is 3.09. The molecule has 0 saturated carbocycles. The van der Waals surface area contributed by atoms with Gasteiger partial charge in [0.25, 0.3) is 5.69 Å². The molecule has 0 spiro atoms. The topological polar surface area (TPSA) is 104 Å². The molecule has 0 aromatic heterocycles. The minimum absolute atomic E-state index is 0.100. The first-order valence-corrected chi connectivity index (χ1v) is 6.57. The van der Waals surface area contributed by atoms with Crippen LogP contribution in [0.25, 0.3) is 0 Å². The van der Waals surface area contributed by atoms with Crippen molar-refractivity contribution in [3.05, 3.63) is 64.2 Å². The van der Waals surface area contributed by atoms with Gasteiger partial charge in [0.1, 0.15) is 5.75 Å². The summed E-state index contributed by atoms with van der Waals surface area (Å²) in [5.74, 6) is -0.364. The van der Waals surface area contributed by atoms with Gasteiger partial charge in [-0.3, -0.25) is 10.1 Å². The van der Waals surface area contributed by atoms with Gasteiger partial charge in [-0.15, -0.1) is 0 Å². The number of hydrogen-bond acceptors (Lipinski definition) is 4. The lowest BCUT2D eigenvalue weighted by molar-refractivity contribution is -0.384. The number of phenolic OH excluding ortho intramolecular Hbond substituents is 1. The van der Waals surface area contributed by atoms with Crippen molar-refractivity contribution in [3.63, 3.8) is 0 Å². The highest BCUT2D eigenvalue weighted by Crippen LogP contribution is 2.27. The molecule has 22 heavy (non-hydrogen) atoms. The van der Waals surface area contributed by atoms with E-state index in [2.05, 4.69) is 10.6 Å². The number of hydrogen-bond donors (Lipinski definition) is 3. The number of rotatable bonds is 4. The molecular weight excluding hydrogens is 286 g/mol. The van der Waals surface area contributed by atoms with Crippen molar-refractivity contribution in [2.45, 2.75) is 13.0 Å². The second-order valence-electron chi connectivity index (χ2n) is 4.69. The first-order chi connectivity index (χ1) is 10.5. The predicted octanol–water partition coefficient (Wildman–Crippen LogP) is 3.18. The zero-order valence-electron chi connectivity index (χ0n) is 11.8. The molecule has 0 aliphatic rings. The molecule has 114 valence electrons. The Morgan fingerprint density at radius 2 is 1.91 bits per heavy atom. The number of nitrogens with zero attached hydrogens (tertiary/aromatic N) is 1. The van der Waals surface area contributed by atoms with Crippen LogP contribution >= 0.6 is 0 Å². The number of nitro benzene ring substituents is 1. The molecule has 2 amide bonds. The van der Waals surface area contributed by atoms with Crippen molar-refractivity contribution >= 4 is 17.4 Å². The van der Waals surface area contributed by atoms with E-state index >= 15 is 0 Å². The molecule has 2 aromatic rings. The quantitative estimate of drug-likeness (QED) is 0.458. The van der Waals surface area contributed by atoms with Crippen molar-refractivity contribution in [2.24, 2.45) is 0 Å². The standard InChI is InChI=1S/C15H15N3O4/c1-10(11-5-3-2-4-6-11)16-15(20)17-13-8-7-12(18(21)22)9-14(13)19/h2-10,19H,1H3,(H2,16,17,20)/t10-/m1/s1. The van der Waals surface area contributed by atoms with Gasteiger partial charge >= 0.3 is 6.03 Å². The SMILES string of the molecule is C[C@@H](NC(=O)Nc1ccc([N+](=O)[O-])cc1O)c1ccccc1. The summed E-state index contributed by atoms with van der Waals surface area (Å²) in [4.78, 5) is 21.9. The lowest BCUT2D eigenvalue weighted by Gasteiger charge is -2.15. The zero-order chi connectivity index (χ0) is 16.1. The second-order valence-corrected chi connectivity index (χ2v) is 4.69. The van der Waals surface area contributed by atoms with Crippen molar-refractivity contribution in [2.75, 3.05) is 5.32 Å².